The van der Waals surface area contributed by atoms with E-state index < -0.39 is 23.5 Å². The first-order valence-electron chi connectivity index (χ1n) is 9.85. The van der Waals surface area contributed by atoms with Crippen molar-refractivity contribution in [1.29, 1.82) is 0 Å². The molecule has 0 aliphatic carbocycles. The third-order valence-corrected chi connectivity index (χ3v) is 5.25. The van der Waals surface area contributed by atoms with Crippen LogP contribution in [0.1, 0.15) is 5.56 Å². The Labute approximate surface area is 180 Å². The average Bonchev–Trinajstić information content (AvgIpc) is 3.15. The van der Waals surface area contributed by atoms with Crippen molar-refractivity contribution >= 4 is 23.0 Å². The van der Waals surface area contributed by atoms with Gasteiger partial charge in [-0.15, -0.1) is 0 Å². The van der Waals surface area contributed by atoms with Crippen molar-refractivity contribution in [1.82, 2.24) is 19.7 Å². The molecule has 0 unspecified atom stereocenters. The Kier molecular flexibility index (Phi) is 4.89. The van der Waals surface area contributed by atoms with Crippen molar-refractivity contribution in [3.8, 4) is 11.6 Å². The van der Waals surface area contributed by atoms with E-state index in [1.807, 2.05) is 30.3 Å². The van der Waals surface area contributed by atoms with Crippen LogP contribution in [0, 0.1) is 17.6 Å². The highest BCUT2D eigenvalue weighted by atomic mass is 19.1. The smallest absolute Gasteiger partial charge is 0.310 e. The number of aromatic nitrogens is 4. The molecule has 5 rings (SSSR count). The van der Waals surface area contributed by atoms with Crippen molar-refractivity contribution in [3.63, 3.8) is 0 Å². The van der Waals surface area contributed by atoms with E-state index in [4.69, 9.17) is 9.84 Å². The number of rotatable bonds is 6. The second-order valence-corrected chi connectivity index (χ2v) is 7.43. The minimum absolute atomic E-state index is 0.0204. The van der Waals surface area contributed by atoms with Crippen LogP contribution in [0.5, 0.6) is 5.88 Å². The van der Waals surface area contributed by atoms with Crippen LogP contribution in [-0.4, -0.2) is 43.9 Å². The molecule has 0 spiro atoms. The van der Waals surface area contributed by atoms with E-state index in [0.717, 1.165) is 17.7 Å². The Morgan fingerprint density at radius 3 is 2.62 bits per heavy atom. The van der Waals surface area contributed by atoms with E-state index in [1.54, 1.807) is 4.90 Å². The summed E-state index contributed by atoms with van der Waals surface area (Å²) < 4.78 is 35.0. The summed E-state index contributed by atoms with van der Waals surface area (Å²) in [5.74, 6) is -2.41. The standard InChI is InChI=1S/C22H17F2N5O3/c23-15-6-7-18(17(24)8-15)29-19-16(9-25-29)20(32-12-13-4-2-1-3-5-13)27-22(26-19)28-10-14(11-28)21(30)31/h1-9,14H,10-12H2,(H,30,31). The largest absolute Gasteiger partial charge is 0.481 e. The minimum atomic E-state index is -0.888. The van der Waals surface area contributed by atoms with Gasteiger partial charge in [-0.3, -0.25) is 4.79 Å². The summed E-state index contributed by atoms with van der Waals surface area (Å²) in [5.41, 5.74) is 1.21. The van der Waals surface area contributed by atoms with Crippen molar-refractivity contribution in [2.24, 2.45) is 5.92 Å². The van der Waals surface area contributed by atoms with Crippen LogP contribution >= 0.6 is 0 Å². The van der Waals surface area contributed by atoms with E-state index in [1.165, 1.54) is 16.9 Å². The molecule has 1 saturated heterocycles. The minimum Gasteiger partial charge on any atom is -0.481 e. The molecule has 0 atom stereocenters. The fourth-order valence-electron chi connectivity index (χ4n) is 3.48. The molecule has 2 aromatic heterocycles. The number of fused-ring (bicyclic) bond motifs is 1. The van der Waals surface area contributed by atoms with Crippen LogP contribution in [0.25, 0.3) is 16.7 Å². The van der Waals surface area contributed by atoms with Crippen LogP contribution in [0.15, 0.2) is 54.7 Å². The third kappa shape index (κ3) is 3.59. The van der Waals surface area contributed by atoms with Crippen molar-refractivity contribution in [2.45, 2.75) is 6.61 Å². The summed E-state index contributed by atoms with van der Waals surface area (Å²) in [6.07, 6.45) is 1.46. The number of carboxylic acid groups (broad SMARTS) is 1. The maximum absolute atomic E-state index is 14.4. The highest BCUT2D eigenvalue weighted by Gasteiger charge is 2.35. The second kappa shape index (κ2) is 7.88. The topological polar surface area (TPSA) is 93.4 Å². The molecule has 0 bridgehead atoms. The van der Waals surface area contributed by atoms with Crippen molar-refractivity contribution in [2.75, 3.05) is 18.0 Å². The molecule has 4 aromatic rings. The lowest BCUT2D eigenvalue weighted by atomic mass is 10.0. The molecule has 1 aliphatic rings. The van der Waals surface area contributed by atoms with Gasteiger partial charge in [0.1, 0.15) is 23.5 Å². The number of carboxylic acids is 1. The lowest BCUT2D eigenvalue weighted by Crippen LogP contribution is -2.51. The van der Waals surface area contributed by atoms with Gasteiger partial charge >= 0.3 is 5.97 Å². The maximum Gasteiger partial charge on any atom is 0.310 e. The average molecular weight is 437 g/mol. The van der Waals surface area contributed by atoms with Crippen LogP contribution < -0.4 is 9.64 Å². The third-order valence-electron chi connectivity index (χ3n) is 5.25. The molecule has 3 heterocycles. The molecule has 32 heavy (non-hydrogen) atoms. The molecular weight excluding hydrogens is 420 g/mol. The summed E-state index contributed by atoms with van der Waals surface area (Å²) >= 11 is 0. The highest BCUT2D eigenvalue weighted by molar-refractivity contribution is 5.83. The molecule has 1 N–H and O–H groups in total. The lowest BCUT2D eigenvalue weighted by Gasteiger charge is -2.36. The maximum atomic E-state index is 14.4. The normalized spacial score (nSPS) is 13.9. The lowest BCUT2D eigenvalue weighted by molar-refractivity contribution is -0.142. The van der Waals surface area contributed by atoms with E-state index >= 15 is 0 Å². The number of carbonyl (C=O) groups is 1. The van der Waals surface area contributed by atoms with Gasteiger partial charge in [0.25, 0.3) is 0 Å². The van der Waals surface area contributed by atoms with Crippen LogP contribution in [0.2, 0.25) is 0 Å². The summed E-state index contributed by atoms with van der Waals surface area (Å²) in [7, 11) is 0. The van der Waals surface area contributed by atoms with Gasteiger partial charge in [0.05, 0.1) is 12.1 Å². The van der Waals surface area contributed by atoms with Crippen molar-refractivity contribution in [3.05, 3.63) is 71.9 Å². The zero-order chi connectivity index (χ0) is 22.2. The second-order valence-electron chi connectivity index (χ2n) is 7.43. The number of nitrogens with zero attached hydrogens (tertiary/aromatic N) is 5. The van der Waals surface area contributed by atoms with Crippen LogP contribution in [0.4, 0.5) is 14.7 Å². The molecule has 0 saturated carbocycles. The SMILES string of the molecule is O=C(O)C1CN(c2nc(OCc3ccccc3)c3cnn(-c4ccc(F)cc4F)c3n2)C1. The van der Waals surface area contributed by atoms with E-state index in [0.29, 0.717) is 5.39 Å². The molecule has 162 valence electrons. The van der Waals surface area contributed by atoms with E-state index in [2.05, 4.69) is 15.1 Å². The van der Waals surface area contributed by atoms with Gasteiger partial charge in [0.2, 0.25) is 11.8 Å². The summed E-state index contributed by atoms with van der Waals surface area (Å²) in [6, 6.07) is 12.7. The first-order chi connectivity index (χ1) is 15.5. The number of anilines is 1. The van der Waals surface area contributed by atoms with Crippen LogP contribution in [-0.2, 0) is 11.4 Å². The van der Waals surface area contributed by atoms with Gasteiger partial charge < -0.3 is 14.7 Å². The molecule has 1 aliphatic heterocycles. The Hall–Kier alpha value is -4.08. The highest BCUT2D eigenvalue weighted by Crippen LogP contribution is 2.31. The monoisotopic (exact) mass is 437 g/mol. The van der Waals surface area contributed by atoms with E-state index in [-0.39, 0.29) is 42.9 Å². The summed E-state index contributed by atoms with van der Waals surface area (Å²) in [4.78, 5) is 21.8. The van der Waals surface area contributed by atoms with Gasteiger partial charge in [-0.25, -0.2) is 13.5 Å². The summed E-state index contributed by atoms with van der Waals surface area (Å²) in [6.45, 7) is 0.732. The number of ether oxygens (including phenoxy) is 1. The molecule has 10 heteroatoms. The number of aliphatic carboxylic acids is 1. The van der Waals surface area contributed by atoms with Gasteiger partial charge in [-0.2, -0.15) is 15.1 Å². The van der Waals surface area contributed by atoms with E-state index in [9.17, 15) is 13.6 Å². The Balaban J connectivity index is 1.56. The Bertz CT molecular complexity index is 1310. The van der Waals surface area contributed by atoms with Gasteiger partial charge in [0, 0.05) is 19.2 Å². The molecular formula is C22H17F2N5O3. The zero-order valence-corrected chi connectivity index (χ0v) is 16.7. The number of hydrogen-bond acceptors (Lipinski definition) is 6. The quantitative estimate of drug-likeness (QED) is 0.495. The van der Waals surface area contributed by atoms with Crippen LogP contribution in [0.3, 0.4) is 0 Å². The molecule has 0 amide bonds. The molecule has 2 aromatic carbocycles. The fourth-order valence-corrected chi connectivity index (χ4v) is 3.48. The predicted molar refractivity (Wildman–Crippen MR) is 111 cm³/mol. The fraction of sp³-hybridized carbons (Fsp3) is 0.182. The Morgan fingerprint density at radius 1 is 1.12 bits per heavy atom. The number of hydrogen-bond donors (Lipinski definition) is 1. The first kappa shape index (κ1) is 19.9. The number of benzene rings is 2. The van der Waals surface area contributed by atoms with Gasteiger partial charge in [-0.05, 0) is 17.7 Å². The molecule has 1 fully saturated rings. The molecule has 8 nitrogen and oxygen atoms in total. The molecule has 0 radical (unpaired) electrons. The van der Waals surface area contributed by atoms with Gasteiger partial charge in [-0.1, -0.05) is 30.3 Å². The van der Waals surface area contributed by atoms with Gasteiger partial charge in [0.15, 0.2) is 11.5 Å². The number of halogens is 2. The predicted octanol–water partition coefficient (Wildman–Crippen LogP) is 3.19. The summed E-state index contributed by atoms with van der Waals surface area (Å²) in [5, 5.41) is 13.8. The van der Waals surface area contributed by atoms with Crippen molar-refractivity contribution < 1.29 is 23.4 Å². The first-order valence-corrected chi connectivity index (χ1v) is 9.85. The zero-order valence-electron chi connectivity index (χ0n) is 16.7. The Morgan fingerprint density at radius 2 is 1.91 bits per heavy atom.